The van der Waals surface area contributed by atoms with Crippen molar-refractivity contribution in [2.75, 3.05) is 44.2 Å². The van der Waals surface area contributed by atoms with Gasteiger partial charge in [0.2, 0.25) is 0 Å². The van der Waals surface area contributed by atoms with Gasteiger partial charge in [0.15, 0.2) is 0 Å². The fraction of sp³-hybridized carbons (Fsp3) is 0.440. The van der Waals surface area contributed by atoms with Crippen LogP contribution < -0.4 is 21.5 Å². The number of aryl methyl sites for hydroxylation is 2. The van der Waals surface area contributed by atoms with Crippen LogP contribution in [0.15, 0.2) is 46.1 Å². The summed E-state index contributed by atoms with van der Waals surface area (Å²) in [4.78, 5) is 46.1. The lowest BCUT2D eigenvalue weighted by Gasteiger charge is -2.36. The SMILES string of the molecule is Cc1cccc(N2CCN(CCCCNC(=O)c3cnc4c(c3)c(=O)n(C)c(=O)n4C)CC2)c1. The Kier molecular flexibility index (Phi) is 7.12. The van der Waals surface area contributed by atoms with Gasteiger partial charge >= 0.3 is 5.69 Å². The first-order chi connectivity index (χ1) is 16.3. The summed E-state index contributed by atoms with van der Waals surface area (Å²) in [5.41, 5.74) is 2.27. The van der Waals surface area contributed by atoms with Crippen molar-refractivity contribution in [3.63, 3.8) is 0 Å². The van der Waals surface area contributed by atoms with E-state index >= 15 is 0 Å². The lowest BCUT2D eigenvalue weighted by molar-refractivity contribution is 0.0952. The molecule has 1 aliphatic rings. The first kappa shape index (κ1) is 23.7. The van der Waals surface area contributed by atoms with E-state index in [1.54, 1.807) is 7.05 Å². The van der Waals surface area contributed by atoms with Crippen molar-refractivity contribution in [1.29, 1.82) is 0 Å². The number of rotatable bonds is 7. The second kappa shape index (κ2) is 10.2. The highest BCUT2D eigenvalue weighted by molar-refractivity contribution is 5.96. The Morgan fingerprint density at radius 3 is 2.53 bits per heavy atom. The lowest BCUT2D eigenvalue weighted by atomic mass is 10.2. The summed E-state index contributed by atoms with van der Waals surface area (Å²) < 4.78 is 2.32. The number of hydrogen-bond donors (Lipinski definition) is 1. The zero-order chi connectivity index (χ0) is 24.2. The predicted molar refractivity (Wildman–Crippen MR) is 134 cm³/mol. The number of fused-ring (bicyclic) bond motifs is 1. The lowest BCUT2D eigenvalue weighted by Crippen LogP contribution is -2.46. The van der Waals surface area contributed by atoms with Gasteiger partial charge in [-0.25, -0.2) is 9.78 Å². The Morgan fingerprint density at radius 2 is 1.79 bits per heavy atom. The van der Waals surface area contributed by atoms with Gasteiger partial charge in [-0.15, -0.1) is 0 Å². The zero-order valence-electron chi connectivity index (χ0n) is 20.1. The highest BCUT2D eigenvalue weighted by Gasteiger charge is 2.17. The molecule has 0 radical (unpaired) electrons. The molecule has 3 aromatic rings. The zero-order valence-corrected chi connectivity index (χ0v) is 20.1. The number of unbranched alkanes of at least 4 members (excludes halogenated alkanes) is 1. The molecule has 9 nitrogen and oxygen atoms in total. The number of carbonyl (C=O) groups excluding carboxylic acids is 1. The summed E-state index contributed by atoms with van der Waals surface area (Å²) in [5.74, 6) is -0.267. The number of benzene rings is 1. The molecule has 2 aromatic heterocycles. The van der Waals surface area contributed by atoms with Gasteiger partial charge in [0.05, 0.1) is 10.9 Å². The maximum Gasteiger partial charge on any atom is 0.332 e. The van der Waals surface area contributed by atoms with E-state index < -0.39 is 11.2 Å². The third kappa shape index (κ3) is 5.04. The van der Waals surface area contributed by atoms with Crippen LogP contribution in [0, 0.1) is 6.92 Å². The van der Waals surface area contributed by atoms with Gasteiger partial charge in [0, 0.05) is 58.7 Å². The molecule has 1 aromatic carbocycles. The second-order valence-corrected chi connectivity index (χ2v) is 8.93. The first-order valence-electron chi connectivity index (χ1n) is 11.7. The van der Waals surface area contributed by atoms with Crippen LogP contribution in [0.3, 0.4) is 0 Å². The molecule has 1 N–H and O–H groups in total. The van der Waals surface area contributed by atoms with E-state index in [1.165, 1.54) is 35.1 Å². The number of amides is 1. The van der Waals surface area contributed by atoms with E-state index in [1.807, 2.05) is 0 Å². The second-order valence-electron chi connectivity index (χ2n) is 8.93. The summed E-state index contributed by atoms with van der Waals surface area (Å²) in [7, 11) is 2.97. The largest absolute Gasteiger partial charge is 0.369 e. The van der Waals surface area contributed by atoms with Crippen LogP contribution in [0.2, 0.25) is 0 Å². The van der Waals surface area contributed by atoms with Crippen molar-refractivity contribution in [2.24, 2.45) is 14.1 Å². The molecule has 9 heteroatoms. The topological polar surface area (TPSA) is 92.5 Å². The highest BCUT2D eigenvalue weighted by atomic mass is 16.2. The fourth-order valence-corrected chi connectivity index (χ4v) is 4.41. The molecular weight excluding hydrogens is 432 g/mol. The molecule has 1 amide bonds. The van der Waals surface area contributed by atoms with Crippen molar-refractivity contribution in [3.05, 3.63) is 68.5 Å². The van der Waals surface area contributed by atoms with Gasteiger partial charge in [0.25, 0.3) is 11.5 Å². The van der Waals surface area contributed by atoms with E-state index in [0.717, 1.165) is 50.1 Å². The molecule has 3 heterocycles. The Morgan fingerprint density at radius 1 is 1.03 bits per heavy atom. The summed E-state index contributed by atoms with van der Waals surface area (Å²) in [6, 6.07) is 10.2. The minimum Gasteiger partial charge on any atom is -0.369 e. The molecule has 1 saturated heterocycles. The molecule has 180 valence electrons. The summed E-state index contributed by atoms with van der Waals surface area (Å²) in [5, 5.41) is 3.16. The number of anilines is 1. The predicted octanol–water partition coefficient (Wildman–Crippen LogP) is 1.27. The Balaban J connectivity index is 1.22. The molecule has 0 unspecified atom stereocenters. The number of nitrogens with one attached hydrogen (secondary N) is 1. The van der Waals surface area contributed by atoms with Crippen molar-refractivity contribution >= 4 is 22.6 Å². The number of pyridine rings is 1. The van der Waals surface area contributed by atoms with E-state index in [0.29, 0.717) is 12.1 Å². The molecule has 0 atom stereocenters. The fourth-order valence-electron chi connectivity index (χ4n) is 4.41. The van der Waals surface area contributed by atoms with Gasteiger partial charge in [-0.05, 0) is 50.1 Å². The monoisotopic (exact) mass is 464 g/mol. The van der Waals surface area contributed by atoms with Crippen LogP contribution in [-0.2, 0) is 14.1 Å². The average molecular weight is 465 g/mol. The van der Waals surface area contributed by atoms with Crippen LogP contribution in [0.1, 0.15) is 28.8 Å². The molecule has 0 saturated carbocycles. The maximum absolute atomic E-state index is 12.6. The number of aromatic nitrogens is 3. The number of carbonyl (C=O) groups is 1. The molecular formula is C25H32N6O3. The van der Waals surface area contributed by atoms with Gasteiger partial charge < -0.3 is 10.2 Å². The number of hydrogen-bond acceptors (Lipinski definition) is 6. The Labute approximate surface area is 198 Å². The van der Waals surface area contributed by atoms with Crippen molar-refractivity contribution in [1.82, 2.24) is 24.3 Å². The van der Waals surface area contributed by atoms with Gasteiger partial charge in [0.1, 0.15) is 5.65 Å². The quantitative estimate of drug-likeness (QED) is 0.530. The Bertz CT molecular complexity index is 1300. The smallest absolute Gasteiger partial charge is 0.332 e. The molecule has 0 bridgehead atoms. The maximum atomic E-state index is 12.6. The standard InChI is InChI=1S/C25H32N6O3/c1-18-7-6-8-20(15-18)31-13-11-30(12-14-31)10-5-4-9-26-23(32)19-16-21-22(27-17-19)28(2)25(34)29(3)24(21)33/h6-8,15-17H,4-5,9-14H2,1-3H3,(H,26,32). The normalized spacial score (nSPS) is 14.5. The van der Waals surface area contributed by atoms with Crippen LogP contribution in [0.5, 0.6) is 0 Å². The molecule has 4 rings (SSSR count). The third-order valence-corrected chi connectivity index (χ3v) is 6.48. The number of nitrogens with zero attached hydrogens (tertiary/aromatic N) is 5. The van der Waals surface area contributed by atoms with Crippen molar-refractivity contribution < 1.29 is 4.79 Å². The van der Waals surface area contributed by atoms with Gasteiger partial charge in [-0.1, -0.05) is 12.1 Å². The van der Waals surface area contributed by atoms with E-state index in [2.05, 4.69) is 51.3 Å². The summed E-state index contributed by atoms with van der Waals surface area (Å²) >= 11 is 0. The molecule has 1 fully saturated rings. The minimum absolute atomic E-state index is 0.252. The minimum atomic E-state index is -0.456. The van der Waals surface area contributed by atoms with E-state index in [-0.39, 0.29) is 16.9 Å². The molecule has 34 heavy (non-hydrogen) atoms. The van der Waals surface area contributed by atoms with Gasteiger partial charge in [-0.2, -0.15) is 0 Å². The average Bonchev–Trinajstić information content (AvgIpc) is 2.86. The summed E-state index contributed by atoms with van der Waals surface area (Å²) in [6.07, 6.45) is 3.29. The third-order valence-electron chi connectivity index (χ3n) is 6.48. The van der Waals surface area contributed by atoms with Crippen LogP contribution in [0.4, 0.5) is 5.69 Å². The van der Waals surface area contributed by atoms with Gasteiger partial charge in [-0.3, -0.25) is 23.6 Å². The highest BCUT2D eigenvalue weighted by Crippen LogP contribution is 2.18. The first-order valence-corrected chi connectivity index (χ1v) is 11.7. The van der Waals surface area contributed by atoms with E-state index in [9.17, 15) is 14.4 Å². The molecule has 0 spiro atoms. The van der Waals surface area contributed by atoms with E-state index in [4.69, 9.17) is 0 Å². The molecule has 0 aliphatic carbocycles. The van der Waals surface area contributed by atoms with Crippen LogP contribution >= 0.6 is 0 Å². The van der Waals surface area contributed by atoms with Crippen LogP contribution in [-0.4, -0.2) is 64.2 Å². The van der Waals surface area contributed by atoms with Crippen molar-refractivity contribution in [2.45, 2.75) is 19.8 Å². The Hall–Kier alpha value is -3.46. The van der Waals surface area contributed by atoms with Crippen LogP contribution in [0.25, 0.3) is 11.0 Å². The molecule has 1 aliphatic heterocycles. The van der Waals surface area contributed by atoms with Crippen molar-refractivity contribution in [3.8, 4) is 0 Å². The number of piperazine rings is 1. The summed E-state index contributed by atoms with van der Waals surface area (Å²) in [6.45, 7) is 7.84.